The van der Waals surface area contributed by atoms with Crippen molar-refractivity contribution in [3.8, 4) is 22.8 Å². The smallest absolute Gasteiger partial charge is 0.193 e. The van der Waals surface area contributed by atoms with E-state index in [9.17, 15) is 4.79 Å². The van der Waals surface area contributed by atoms with E-state index in [-0.39, 0.29) is 5.43 Å². The minimum atomic E-state index is -0.0855. The van der Waals surface area contributed by atoms with Crippen LogP contribution in [-0.4, -0.2) is 14.2 Å². The van der Waals surface area contributed by atoms with Gasteiger partial charge in [0.1, 0.15) is 27.3 Å². The van der Waals surface area contributed by atoms with Crippen molar-refractivity contribution in [3.63, 3.8) is 0 Å². The lowest BCUT2D eigenvalue weighted by Gasteiger charge is -2.11. The van der Waals surface area contributed by atoms with Gasteiger partial charge >= 0.3 is 0 Å². The van der Waals surface area contributed by atoms with Crippen molar-refractivity contribution in [1.29, 1.82) is 0 Å². The van der Waals surface area contributed by atoms with Crippen molar-refractivity contribution in [1.82, 2.24) is 0 Å². The Kier molecular flexibility index (Phi) is 3.90. The van der Waals surface area contributed by atoms with Gasteiger partial charge in [-0.3, -0.25) is 4.79 Å². The van der Waals surface area contributed by atoms with Crippen LogP contribution in [0.1, 0.15) is 0 Å². The number of hydrogen-bond donors (Lipinski definition) is 0. The zero-order valence-electron chi connectivity index (χ0n) is 12.1. The van der Waals surface area contributed by atoms with E-state index in [0.717, 1.165) is 0 Å². The van der Waals surface area contributed by atoms with Gasteiger partial charge in [0, 0.05) is 11.6 Å². The maximum Gasteiger partial charge on any atom is 0.193 e. The Bertz CT molecular complexity index is 874. The molecule has 0 unspecified atom stereocenters. The molecule has 0 amide bonds. The predicted octanol–water partition coefficient (Wildman–Crippen LogP) is 4.24. The Labute approximate surface area is 135 Å². The summed E-state index contributed by atoms with van der Waals surface area (Å²) >= 11 is 3.42. The minimum Gasteiger partial charge on any atom is -0.495 e. The van der Waals surface area contributed by atoms with Gasteiger partial charge in [0.2, 0.25) is 0 Å². The average Bonchev–Trinajstić information content (AvgIpc) is 2.55. The standard InChI is InChI=1S/C17H13BrO4/c1-20-15-7-10(8-16(21-2)17(15)18)14-9-12(19)11-5-3-4-6-13(11)22-14/h3-9H,1-2H3. The van der Waals surface area contributed by atoms with E-state index < -0.39 is 0 Å². The summed E-state index contributed by atoms with van der Waals surface area (Å²) in [6, 6.07) is 12.2. The van der Waals surface area contributed by atoms with Crippen LogP contribution >= 0.6 is 15.9 Å². The molecule has 2 aromatic carbocycles. The Morgan fingerprint density at radius 1 is 1.00 bits per heavy atom. The molecule has 5 heteroatoms. The number of ether oxygens (including phenoxy) is 2. The zero-order chi connectivity index (χ0) is 15.7. The molecular formula is C17H13BrO4. The fourth-order valence-corrected chi connectivity index (χ4v) is 2.81. The van der Waals surface area contributed by atoms with E-state index in [1.807, 2.05) is 12.1 Å². The van der Waals surface area contributed by atoms with Gasteiger partial charge in [-0.2, -0.15) is 0 Å². The molecule has 3 aromatic rings. The number of fused-ring (bicyclic) bond motifs is 1. The second-order valence-electron chi connectivity index (χ2n) is 4.67. The molecule has 1 heterocycles. The molecule has 0 saturated carbocycles. The molecule has 0 atom stereocenters. The summed E-state index contributed by atoms with van der Waals surface area (Å²) in [4.78, 5) is 12.2. The van der Waals surface area contributed by atoms with Crippen molar-refractivity contribution in [2.45, 2.75) is 0 Å². The quantitative estimate of drug-likeness (QED) is 0.700. The van der Waals surface area contributed by atoms with Crippen molar-refractivity contribution in [3.05, 3.63) is 57.2 Å². The van der Waals surface area contributed by atoms with Gasteiger partial charge in [-0.25, -0.2) is 0 Å². The fraction of sp³-hybridized carbons (Fsp3) is 0.118. The lowest BCUT2D eigenvalue weighted by molar-refractivity contribution is 0.389. The van der Waals surface area contributed by atoms with Gasteiger partial charge in [0.05, 0.1) is 19.6 Å². The van der Waals surface area contributed by atoms with E-state index in [0.29, 0.717) is 38.3 Å². The van der Waals surface area contributed by atoms with Gasteiger partial charge in [0.15, 0.2) is 5.43 Å². The fourth-order valence-electron chi connectivity index (χ4n) is 2.26. The lowest BCUT2D eigenvalue weighted by Crippen LogP contribution is -2.00. The lowest BCUT2D eigenvalue weighted by atomic mass is 10.1. The Morgan fingerprint density at radius 2 is 1.64 bits per heavy atom. The first-order valence-corrected chi connectivity index (χ1v) is 7.38. The second kappa shape index (κ2) is 5.85. The van der Waals surface area contributed by atoms with Crippen LogP contribution in [0.2, 0.25) is 0 Å². The first kappa shape index (κ1) is 14.7. The third-order valence-electron chi connectivity index (χ3n) is 3.36. The molecular weight excluding hydrogens is 348 g/mol. The normalized spacial score (nSPS) is 10.7. The van der Waals surface area contributed by atoms with Crippen LogP contribution in [0.3, 0.4) is 0 Å². The molecule has 0 saturated heterocycles. The van der Waals surface area contributed by atoms with Gasteiger partial charge in [-0.1, -0.05) is 12.1 Å². The van der Waals surface area contributed by atoms with Crippen molar-refractivity contribution < 1.29 is 13.9 Å². The monoisotopic (exact) mass is 360 g/mol. The first-order chi connectivity index (χ1) is 10.6. The molecule has 0 fully saturated rings. The van der Waals surface area contributed by atoms with Gasteiger partial charge in [-0.05, 0) is 40.2 Å². The van der Waals surface area contributed by atoms with Crippen LogP contribution in [-0.2, 0) is 0 Å². The highest BCUT2D eigenvalue weighted by Crippen LogP contribution is 2.39. The molecule has 4 nitrogen and oxygen atoms in total. The van der Waals surface area contributed by atoms with Crippen LogP contribution in [0.4, 0.5) is 0 Å². The summed E-state index contributed by atoms with van der Waals surface area (Å²) in [7, 11) is 3.14. The van der Waals surface area contributed by atoms with Crippen LogP contribution in [0.15, 0.2) is 56.1 Å². The SMILES string of the molecule is COc1cc(-c2cc(=O)c3ccccc3o2)cc(OC)c1Br. The van der Waals surface area contributed by atoms with Gasteiger partial charge < -0.3 is 13.9 Å². The number of methoxy groups -OCH3 is 2. The number of para-hydroxylation sites is 1. The Balaban J connectivity index is 2.25. The van der Waals surface area contributed by atoms with E-state index in [2.05, 4.69) is 15.9 Å². The van der Waals surface area contributed by atoms with Crippen LogP contribution in [0.25, 0.3) is 22.3 Å². The van der Waals surface area contributed by atoms with E-state index in [1.54, 1.807) is 38.5 Å². The minimum absolute atomic E-state index is 0.0855. The third kappa shape index (κ3) is 2.48. The highest BCUT2D eigenvalue weighted by molar-refractivity contribution is 9.10. The van der Waals surface area contributed by atoms with Gasteiger partial charge in [-0.15, -0.1) is 0 Å². The molecule has 22 heavy (non-hydrogen) atoms. The van der Waals surface area contributed by atoms with E-state index >= 15 is 0 Å². The highest BCUT2D eigenvalue weighted by atomic mass is 79.9. The molecule has 0 N–H and O–H groups in total. The van der Waals surface area contributed by atoms with Gasteiger partial charge in [0.25, 0.3) is 0 Å². The largest absolute Gasteiger partial charge is 0.495 e. The molecule has 0 aliphatic rings. The average molecular weight is 361 g/mol. The summed E-state index contributed by atoms with van der Waals surface area (Å²) in [6.07, 6.45) is 0. The molecule has 0 aliphatic heterocycles. The first-order valence-electron chi connectivity index (χ1n) is 6.59. The number of halogens is 1. The van der Waals surface area contributed by atoms with Crippen LogP contribution in [0.5, 0.6) is 11.5 Å². The van der Waals surface area contributed by atoms with Crippen LogP contribution in [0, 0.1) is 0 Å². The molecule has 1 aromatic heterocycles. The van der Waals surface area contributed by atoms with E-state index in [4.69, 9.17) is 13.9 Å². The summed E-state index contributed by atoms with van der Waals surface area (Å²) in [5.41, 5.74) is 1.17. The van der Waals surface area contributed by atoms with Crippen molar-refractivity contribution >= 4 is 26.9 Å². The third-order valence-corrected chi connectivity index (χ3v) is 4.15. The Hall–Kier alpha value is -2.27. The molecule has 3 rings (SSSR count). The number of rotatable bonds is 3. The topological polar surface area (TPSA) is 48.7 Å². The predicted molar refractivity (Wildman–Crippen MR) is 88.7 cm³/mol. The van der Waals surface area contributed by atoms with Crippen molar-refractivity contribution in [2.24, 2.45) is 0 Å². The summed E-state index contributed by atoms with van der Waals surface area (Å²) in [5.74, 6) is 1.67. The summed E-state index contributed by atoms with van der Waals surface area (Å²) in [6.45, 7) is 0. The molecule has 0 aliphatic carbocycles. The molecule has 0 radical (unpaired) electrons. The second-order valence-corrected chi connectivity index (χ2v) is 5.46. The molecule has 0 spiro atoms. The number of benzene rings is 2. The van der Waals surface area contributed by atoms with Crippen LogP contribution < -0.4 is 14.9 Å². The number of hydrogen-bond acceptors (Lipinski definition) is 4. The van der Waals surface area contributed by atoms with Crippen molar-refractivity contribution in [2.75, 3.05) is 14.2 Å². The zero-order valence-corrected chi connectivity index (χ0v) is 13.6. The molecule has 0 bridgehead atoms. The maximum absolute atomic E-state index is 12.2. The molecule has 112 valence electrons. The summed E-state index contributed by atoms with van der Waals surface area (Å²) in [5, 5.41) is 0.558. The maximum atomic E-state index is 12.2. The highest BCUT2D eigenvalue weighted by Gasteiger charge is 2.13. The Morgan fingerprint density at radius 3 is 2.27 bits per heavy atom. The summed E-state index contributed by atoms with van der Waals surface area (Å²) < 4.78 is 17.2. The van der Waals surface area contributed by atoms with E-state index in [1.165, 1.54) is 6.07 Å².